The molecule has 0 saturated heterocycles. The van der Waals surface area contributed by atoms with Crippen LogP contribution in [0.1, 0.15) is 24.9 Å². The maximum absolute atomic E-state index is 11.4. The van der Waals surface area contributed by atoms with Crippen LogP contribution in [0.5, 0.6) is 0 Å². The molecular weight excluding hydrogens is 250 g/mol. The van der Waals surface area contributed by atoms with Crippen molar-refractivity contribution in [3.63, 3.8) is 0 Å². The minimum Gasteiger partial charge on any atom is -0.466 e. The van der Waals surface area contributed by atoms with Crippen LogP contribution in [0.15, 0.2) is 54.6 Å². The van der Waals surface area contributed by atoms with Gasteiger partial charge in [0.15, 0.2) is 0 Å². The molecule has 0 aromatic heterocycles. The third kappa shape index (κ3) is 3.68. The topological polar surface area (TPSA) is 52.3 Å². The van der Waals surface area contributed by atoms with E-state index < -0.39 is 0 Å². The van der Waals surface area contributed by atoms with Crippen LogP contribution in [0.4, 0.5) is 0 Å². The molecule has 0 spiro atoms. The molecule has 2 rings (SSSR count). The van der Waals surface area contributed by atoms with E-state index in [1.54, 1.807) is 6.92 Å². The fraction of sp³-hybridized carbons (Fsp3) is 0.235. The van der Waals surface area contributed by atoms with E-state index in [4.69, 9.17) is 10.5 Å². The zero-order valence-corrected chi connectivity index (χ0v) is 11.6. The monoisotopic (exact) mass is 269 g/mol. The molecule has 0 bridgehead atoms. The van der Waals surface area contributed by atoms with E-state index in [1.807, 2.05) is 42.5 Å². The van der Waals surface area contributed by atoms with Crippen molar-refractivity contribution in [3.05, 3.63) is 60.2 Å². The van der Waals surface area contributed by atoms with Crippen LogP contribution in [0.2, 0.25) is 0 Å². The maximum atomic E-state index is 11.4. The lowest BCUT2D eigenvalue weighted by Crippen LogP contribution is -2.17. The second-order valence-electron chi connectivity index (χ2n) is 4.60. The van der Waals surface area contributed by atoms with Crippen molar-refractivity contribution in [1.29, 1.82) is 0 Å². The molecule has 20 heavy (non-hydrogen) atoms. The van der Waals surface area contributed by atoms with Crippen LogP contribution in [0, 0.1) is 0 Å². The number of benzene rings is 2. The predicted molar refractivity (Wildman–Crippen MR) is 80.1 cm³/mol. The summed E-state index contributed by atoms with van der Waals surface area (Å²) < 4.78 is 4.91. The summed E-state index contributed by atoms with van der Waals surface area (Å²) in [5.41, 5.74) is 9.26. The Bertz CT molecular complexity index is 549. The average molecular weight is 269 g/mol. The highest BCUT2D eigenvalue weighted by Gasteiger charge is 2.12. The van der Waals surface area contributed by atoms with E-state index in [0.717, 1.165) is 16.7 Å². The molecule has 0 aliphatic carbocycles. The van der Waals surface area contributed by atoms with Gasteiger partial charge in [0.2, 0.25) is 0 Å². The van der Waals surface area contributed by atoms with Crippen molar-refractivity contribution in [3.8, 4) is 11.1 Å². The normalized spacial score (nSPS) is 11.9. The Balaban J connectivity index is 2.06. The molecule has 2 aromatic carbocycles. The van der Waals surface area contributed by atoms with Gasteiger partial charge in [-0.25, -0.2) is 0 Å². The average Bonchev–Trinajstić information content (AvgIpc) is 2.48. The lowest BCUT2D eigenvalue weighted by molar-refractivity contribution is -0.143. The van der Waals surface area contributed by atoms with Gasteiger partial charge in [0.1, 0.15) is 0 Å². The third-order valence-electron chi connectivity index (χ3n) is 3.14. The Kier molecular flexibility index (Phi) is 4.91. The molecule has 0 heterocycles. The van der Waals surface area contributed by atoms with Gasteiger partial charge in [-0.05, 0) is 23.6 Å². The number of hydrogen-bond donors (Lipinski definition) is 1. The van der Waals surface area contributed by atoms with Crippen molar-refractivity contribution in [1.82, 2.24) is 0 Å². The van der Waals surface area contributed by atoms with Gasteiger partial charge in [0, 0.05) is 6.04 Å². The van der Waals surface area contributed by atoms with Gasteiger partial charge >= 0.3 is 5.97 Å². The molecule has 0 aliphatic heterocycles. The number of hydrogen-bond acceptors (Lipinski definition) is 3. The number of carbonyl (C=O) groups is 1. The minimum atomic E-state index is -0.320. The summed E-state index contributed by atoms with van der Waals surface area (Å²) in [6.07, 6.45) is 0.207. The molecule has 3 nitrogen and oxygen atoms in total. The van der Waals surface area contributed by atoms with Crippen molar-refractivity contribution >= 4 is 5.97 Å². The third-order valence-corrected chi connectivity index (χ3v) is 3.14. The molecule has 0 aliphatic rings. The summed E-state index contributed by atoms with van der Waals surface area (Å²) in [6.45, 7) is 2.18. The van der Waals surface area contributed by atoms with Crippen molar-refractivity contribution < 1.29 is 9.53 Å². The summed E-state index contributed by atoms with van der Waals surface area (Å²) in [4.78, 5) is 11.4. The molecule has 2 N–H and O–H groups in total. The summed E-state index contributed by atoms with van der Waals surface area (Å²) in [6, 6.07) is 17.8. The lowest BCUT2D eigenvalue weighted by Gasteiger charge is -2.12. The SMILES string of the molecule is CCOC(=O)CC(N)c1ccc(-c2ccccc2)cc1. The van der Waals surface area contributed by atoms with Gasteiger partial charge in [-0.2, -0.15) is 0 Å². The van der Waals surface area contributed by atoms with E-state index in [9.17, 15) is 4.79 Å². The zero-order valence-electron chi connectivity index (χ0n) is 11.6. The molecule has 0 saturated carbocycles. The first kappa shape index (κ1) is 14.3. The van der Waals surface area contributed by atoms with Gasteiger partial charge in [-0.3, -0.25) is 4.79 Å². The molecule has 1 atom stereocenters. The summed E-state index contributed by atoms with van der Waals surface area (Å²) in [5, 5.41) is 0. The van der Waals surface area contributed by atoms with Crippen LogP contribution in [0.25, 0.3) is 11.1 Å². The Labute approximate surface area is 119 Å². The molecule has 0 amide bonds. The number of ether oxygens (including phenoxy) is 1. The number of carbonyl (C=O) groups excluding carboxylic acids is 1. The van der Waals surface area contributed by atoms with Crippen LogP contribution in [-0.4, -0.2) is 12.6 Å². The number of nitrogens with two attached hydrogens (primary N) is 1. The van der Waals surface area contributed by atoms with Gasteiger partial charge in [-0.15, -0.1) is 0 Å². The molecular formula is C17H19NO2. The van der Waals surface area contributed by atoms with Crippen molar-refractivity contribution in [2.45, 2.75) is 19.4 Å². The Morgan fingerprint density at radius 3 is 2.25 bits per heavy atom. The maximum Gasteiger partial charge on any atom is 0.307 e. The first-order valence-electron chi connectivity index (χ1n) is 6.77. The molecule has 1 unspecified atom stereocenters. The lowest BCUT2D eigenvalue weighted by atomic mass is 10.00. The van der Waals surface area contributed by atoms with Crippen molar-refractivity contribution in [2.75, 3.05) is 6.61 Å². The fourth-order valence-corrected chi connectivity index (χ4v) is 2.07. The summed E-state index contributed by atoms with van der Waals surface area (Å²) in [7, 11) is 0. The van der Waals surface area contributed by atoms with E-state index in [0.29, 0.717) is 6.61 Å². The number of esters is 1. The van der Waals surface area contributed by atoms with Gasteiger partial charge < -0.3 is 10.5 Å². The second kappa shape index (κ2) is 6.87. The van der Waals surface area contributed by atoms with Crippen LogP contribution in [-0.2, 0) is 9.53 Å². The summed E-state index contributed by atoms with van der Waals surface area (Å²) in [5.74, 6) is -0.257. The zero-order chi connectivity index (χ0) is 14.4. The largest absolute Gasteiger partial charge is 0.466 e. The minimum absolute atomic E-state index is 0.207. The first-order chi connectivity index (χ1) is 9.70. The fourth-order valence-electron chi connectivity index (χ4n) is 2.07. The Morgan fingerprint density at radius 1 is 1.05 bits per heavy atom. The first-order valence-corrected chi connectivity index (χ1v) is 6.77. The van der Waals surface area contributed by atoms with Crippen LogP contribution >= 0.6 is 0 Å². The standard InChI is InChI=1S/C17H19NO2/c1-2-20-17(19)12-16(18)15-10-8-14(9-11-15)13-6-4-3-5-7-13/h3-11,16H,2,12,18H2,1H3. The summed E-state index contributed by atoms with van der Waals surface area (Å²) >= 11 is 0. The highest BCUT2D eigenvalue weighted by molar-refractivity contribution is 5.70. The van der Waals surface area contributed by atoms with Crippen LogP contribution in [0.3, 0.4) is 0 Å². The smallest absolute Gasteiger partial charge is 0.307 e. The van der Waals surface area contributed by atoms with E-state index >= 15 is 0 Å². The highest BCUT2D eigenvalue weighted by Crippen LogP contribution is 2.22. The molecule has 3 heteroatoms. The quantitative estimate of drug-likeness (QED) is 0.847. The molecule has 104 valence electrons. The van der Waals surface area contributed by atoms with E-state index in [2.05, 4.69) is 12.1 Å². The van der Waals surface area contributed by atoms with Crippen molar-refractivity contribution in [2.24, 2.45) is 5.73 Å². The van der Waals surface area contributed by atoms with Gasteiger partial charge in [-0.1, -0.05) is 54.6 Å². The second-order valence-corrected chi connectivity index (χ2v) is 4.60. The molecule has 0 radical (unpaired) electrons. The Morgan fingerprint density at radius 2 is 1.65 bits per heavy atom. The number of rotatable bonds is 5. The van der Waals surface area contributed by atoms with Gasteiger partial charge in [0.25, 0.3) is 0 Å². The van der Waals surface area contributed by atoms with Gasteiger partial charge in [0.05, 0.1) is 13.0 Å². The molecule has 0 fully saturated rings. The highest BCUT2D eigenvalue weighted by atomic mass is 16.5. The predicted octanol–water partition coefficient (Wildman–Crippen LogP) is 3.31. The molecule has 2 aromatic rings. The van der Waals surface area contributed by atoms with E-state index in [1.165, 1.54) is 0 Å². The van der Waals surface area contributed by atoms with Crippen LogP contribution < -0.4 is 5.73 Å². The Hall–Kier alpha value is -2.13. The van der Waals surface area contributed by atoms with E-state index in [-0.39, 0.29) is 18.4 Å².